The summed E-state index contributed by atoms with van der Waals surface area (Å²) in [7, 11) is 0. The van der Waals surface area contributed by atoms with Crippen molar-refractivity contribution in [1.29, 1.82) is 0 Å². The molecule has 5 fully saturated rings. The summed E-state index contributed by atoms with van der Waals surface area (Å²) in [6, 6.07) is 0. The van der Waals surface area contributed by atoms with Crippen LogP contribution in [0.4, 0.5) is 0 Å². The highest BCUT2D eigenvalue weighted by atomic mass is 14.8. The third kappa shape index (κ3) is 2.34. The smallest absolute Gasteiger partial charge is 0.0160 e. The third-order valence-corrected chi connectivity index (χ3v) is 7.49. The van der Waals surface area contributed by atoms with E-state index in [-0.39, 0.29) is 5.54 Å². The Hall–Kier alpha value is -0.0400. The molecule has 0 radical (unpaired) electrons. The Morgan fingerprint density at radius 2 is 1.25 bits per heavy atom. The van der Waals surface area contributed by atoms with Crippen LogP contribution >= 0.6 is 0 Å². The van der Waals surface area contributed by atoms with Crippen molar-refractivity contribution in [2.24, 2.45) is 34.3 Å². The third-order valence-electron chi connectivity index (χ3n) is 7.49. The van der Waals surface area contributed by atoms with Gasteiger partial charge >= 0.3 is 0 Å². The molecular formula is C19H33N. The van der Waals surface area contributed by atoms with E-state index in [2.05, 4.69) is 13.8 Å². The highest BCUT2D eigenvalue weighted by molar-refractivity contribution is 5.06. The Morgan fingerprint density at radius 1 is 0.800 bits per heavy atom. The van der Waals surface area contributed by atoms with E-state index in [1.165, 1.54) is 51.4 Å². The van der Waals surface area contributed by atoms with Gasteiger partial charge in [-0.15, -0.1) is 0 Å². The van der Waals surface area contributed by atoms with E-state index in [1.807, 2.05) is 0 Å². The number of nitrogens with two attached hydrogens (primary N) is 1. The van der Waals surface area contributed by atoms with Crippen molar-refractivity contribution >= 4 is 0 Å². The van der Waals surface area contributed by atoms with Gasteiger partial charge in [-0.2, -0.15) is 0 Å². The predicted octanol–water partition coefficient (Wildman–Crippen LogP) is 4.89. The molecule has 1 nitrogen and oxygen atoms in total. The molecule has 0 unspecified atom stereocenters. The summed E-state index contributed by atoms with van der Waals surface area (Å²) in [6.45, 7) is 4.86. The standard InChI is InChI=1S/C19H33N/c1-17(2)3-5-19(20,6-4-17)13-18-10-14-7-15(11-18)9-16(8-14)12-18/h14-16H,3-13,20H2,1-2H3. The Morgan fingerprint density at radius 3 is 1.70 bits per heavy atom. The zero-order valence-electron chi connectivity index (χ0n) is 13.6. The Kier molecular flexibility index (Phi) is 2.89. The second-order valence-electron chi connectivity index (χ2n) is 10.1. The summed E-state index contributed by atoms with van der Waals surface area (Å²) in [5.41, 5.74) is 8.30. The average molecular weight is 275 g/mol. The minimum atomic E-state index is 0.182. The Balaban J connectivity index is 1.49. The second kappa shape index (κ2) is 4.24. The van der Waals surface area contributed by atoms with Crippen molar-refractivity contribution < 1.29 is 0 Å². The molecule has 0 saturated heterocycles. The summed E-state index contributed by atoms with van der Waals surface area (Å²) in [5, 5.41) is 0. The molecule has 114 valence electrons. The van der Waals surface area contributed by atoms with Crippen molar-refractivity contribution in [2.75, 3.05) is 0 Å². The lowest BCUT2D eigenvalue weighted by atomic mass is 9.47. The van der Waals surface area contributed by atoms with E-state index in [4.69, 9.17) is 5.73 Å². The molecule has 0 aromatic carbocycles. The first-order valence-electron chi connectivity index (χ1n) is 9.14. The molecule has 0 heterocycles. The summed E-state index contributed by atoms with van der Waals surface area (Å²) in [4.78, 5) is 0. The van der Waals surface area contributed by atoms with Crippen molar-refractivity contribution in [3.63, 3.8) is 0 Å². The van der Waals surface area contributed by atoms with E-state index < -0.39 is 0 Å². The first-order chi connectivity index (χ1) is 9.36. The molecule has 0 aromatic rings. The molecule has 2 N–H and O–H groups in total. The summed E-state index contributed by atoms with van der Waals surface area (Å²) < 4.78 is 0. The minimum absolute atomic E-state index is 0.182. The Labute approximate surface area is 125 Å². The molecule has 0 spiro atoms. The molecule has 0 aromatic heterocycles. The van der Waals surface area contributed by atoms with Gasteiger partial charge in [0, 0.05) is 5.54 Å². The van der Waals surface area contributed by atoms with Crippen LogP contribution in [0.2, 0.25) is 0 Å². The first-order valence-corrected chi connectivity index (χ1v) is 9.14. The van der Waals surface area contributed by atoms with Gasteiger partial charge in [0.25, 0.3) is 0 Å². The van der Waals surface area contributed by atoms with E-state index in [1.54, 1.807) is 19.3 Å². The van der Waals surface area contributed by atoms with Crippen molar-refractivity contribution in [2.45, 2.75) is 90.0 Å². The monoisotopic (exact) mass is 275 g/mol. The van der Waals surface area contributed by atoms with Crippen molar-refractivity contribution in [1.82, 2.24) is 0 Å². The van der Waals surface area contributed by atoms with Crippen LogP contribution in [0.25, 0.3) is 0 Å². The molecule has 0 aliphatic heterocycles. The van der Waals surface area contributed by atoms with Gasteiger partial charge in [0.15, 0.2) is 0 Å². The second-order valence-corrected chi connectivity index (χ2v) is 10.1. The number of hydrogen-bond acceptors (Lipinski definition) is 1. The average Bonchev–Trinajstić information content (AvgIpc) is 2.31. The van der Waals surface area contributed by atoms with E-state index in [0.29, 0.717) is 10.8 Å². The van der Waals surface area contributed by atoms with Gasteiger partial charge in [-0.1, -0.05) is 13.8 Å². The normalized spacial score (nSPS) is 48.5. The highest BCUT2D eigenvalue weighted by Gasteiger charge is 2.53. The maximum Gasteiger partial charge on any atom is 0.0160 e. The molecule has 5 aliphatic rings. The van der Waals surface area contributed by atoms with Gasteiger partial charge in [0.1, 0.15) is 0 Å². The molecule has 5 saturated carbocycles. The molecule has 0 atom stereocenters. The van der Waals surface area contributed by atoms with Crippen LogP contribution in [0.3, 0.4) is 0 Å². The van der Waals surface area contributed by atoms with Crippen LogP contribution in [0, 0.1) is 28.6 Å². The molecule has 5 aliphatic carbocycles. The first kappa shape index (κ1) is 13.6. The number of rotatable bonds is 2. The van der Waals surface area contributed by atoms with E-state index >= 15 is 0 Å². The fraction of sp³-hybridized carbons (Fsp3) is 1.00. The summed E-state index contributed by atoms with van der Waals surface area (Å²) in [5.74, 6) is 3.22. The predicted molar refractivity (Wildman–Crippen MR) is 84.4 cm³/mol. The minimum Gasteiger partial charge on any atom is -0.325 e. The van der Waals surface area contributed by atoms with Crippen LogP contribution < -0.4 is 5.73 Å². The number of hydrogen-bond donors (Lipinski definition) is 1. The van der Waals surface area contributed by atoms with E-state index in [0.717, 1.165) is 17.8 Å². The fourth-order valence-electron chi connectivity index (χ4n) is 6.85. The van der Waals surface area contributed by atoms with Crippen molar-refractivity contribution in [3.8, 4) is 0 Å². The van der Waals surface area contributed by atoms with Gasteiger partial charge in [0.05, 0.1) is 0 Å². The summed E-state index contributed by atoms with van der Waals surface area (Å²) in [6.07, 6.45) is 15.9. The maximum atomic E-state index is 6.90. The maximum absolute atomic E-state index is 6.90. The summed E-state index contributed by atoms with van der Waals surface area (Å²) >= 11 is 0. The van der Waals surface area contributed by atoms with Gasteiger partial charge in [-0.05, 0) is 99.2 Å². The van der Waals surface area contributed by atoms with Crippen LogP contribution in [0.5, 0.6) is 0 Å². The Bertz CT molecular complexity index is 349. The molecule has 1 heteroatoms. The van der Waals surface area contributed by atoms with Gasteiger partial charge in [-0.25, -0.2) is 0 Å². The molecule has 5 rings (SSSR count). The zero-order valence-corrected chi connectivity index (χ0v) is 13.6. The molecular weight excluding hydrogens is 242 g/mol. The van der Waals surface area contributed by atoms with Gasteiger partial charge in [0.2, 0.25) is 0 Å². The van der Waals surface area contributed by atoms with Crippen LogP contribution in [-0.2, 0) is 0 Å². The highest BCUT2D eigenvalue weighted by Crippen LogP contribution is 2.63. The van der Waals surface area contributed by atoms with Crippen LogP contribution in [-0.4, -0.2) is 5.54 Å². The zero-order chi connectivity index (χ0) is 14.0. The molecule has 0 amide bonds. The van der Waals surface area contributed by atoms with Crippen molar-refractivity contribution in [3.05, 3.63) is 0 Å². The van der Waals surface area contributed by atoms with Gasteiger partial charge in [-0.3, -0.25) is 0 Å². The van der Waals surface area contributed by atoms with E-state index in [9.17, 15) is 0 Å². The lowest BCUT2D eigenvalue weighted by molar-refractivity contribution is -0.0734. The lowest BCUT2D eigenvalue weighted by Crippen LogP contribution is -2.54. The van der Waals surface area contributed by atoms with Crippen LogP contribution in [0.1, 0.15) is 84.5 Å². The molecule has 4 bridgehead atoms. The lowest BCUT2D eigenvalue weighted by Gasteiger charge is -2.59. The van der Waals surface area contributed by atoms with Gasteiger partial charge < -0.3 is 5.73 Å². The largest absolute Gasteiger partial charge is 0.325 e. The SMILES string of the molecule is CC1(C)CCC(N)(CC23CC4CC(CC(C4)C2)C3)CC1. The molecule has 20 heavy (non-hydrogen) atoms. The van der Waals surface area contributed by atoms with Crippen LogP contribution in [0.15, 0.2) is 0 Å². The fourth-order valence-corrected chi connectivity index (χ4v) is 6.85. The topological polar surface area (TPSA) is 26.0 Å². The quantitative estimate of drug-likeness (QED) is 0.763.